The standard InChI is InChI=1S/C22H19BrN2O3S/c23-17-12-19-18(27-13-28-19)10-14(17)11-20-21(26)25(16-8-4-5-9-16)22(29-20)24-15-6-2-1-3-7-15/h1-3,6-7,10-12,16H,4-5,8-9,13H2. The Kier molecular flexibility index (Phi) is 5.09. The molecule has 1 aliphatic carbocycles. The topological polar surface area (TPSA) is 51.1 Å². The van der Waals surface area contributed by atoms with Crippen molar-refractivity contribution in [1.82, 2.24) is 4.90 Å². The van der Waals surface area contributed by atoms with Gasteiger partial charge < -0.3 is 9.47 Å². The first-order chi connectivity index (χ1) is 14.2. The molecule has 5 rings (SSSR count). The van der Waals surface area contributed by atoms with Crippen LogP contribution < -0.4 is 9.47 Å². The van der Waals surface area contributed by atoms with Crippen LogP contribution in [0.15, 0.2) is 56.8 Å². The second-order valence-electron chi connectivity index (χ2n) is 7.18. The Hall–Kier alpha value is -2.25. The number of carbonyl (C=O) groups is 1. The van der Waals surface area contributed by atoms with Crippen LogP contribution in [0.4, 0.5) is 5.69 Å². The number of aliphatic imine (C=N–C) groups is 1. The SMILES string of the molecule is O=C1C(=Cc2cc3c(cc2Br)OCO3)SC(=Nc2ccccc2)N1C1CCCC1. The van der Waals surface area contributed by atoms with E-state index in [-0.39, 0.29) is 18.7 Å². The van der Waals surface area contributed by atoms with Crippen LogP contribution in [0.3, 0.4) is 0 Å². The van der Waals surface area contributed by atoms with Gasteiger partial charge in [-0.05, 0) is 60.5 Å². The van der Waals surface area contributed by atoms with Gasteiger partial charge in [0.05, 0.1) is 10.6 Å². The number of benzene rings is 2. The van der Waals surface area contributed by atoms with Gasteiger partial charge in [0, 0.05) is 10.5 Å². The second kappa shape index (κ2) is 7.88. The van der Waals surface area contributed by atoms with E-state index in [4.69, 9.17) is 14.5 Å². The maximum atomic E-state index is 13.3. The summed E-state index contributed by atoms with van der Waals surface area (Å²) in [5.41, 5.74) is 1.74. The van der Waals surface area contributed by atoms with Gasteiger partial charge in [0.2, 0.25) is 6.79 Å². The molecule has 0 spiro atoms. The first-order valence-electron chi connectivity index (χ1n) is 9.65. The van der Waals surface area contributed by atoms with Crippen LogP contribution in [0.5, 0.6) is 11.5 Å². The summed E-state index contributed by atoms with van der Waals surface area (Å²) < 4.78 is 11.8. The van der Waals surface area contributed by atoms with Crippen LogP contribution >= 0.6 is 27.7 Å². The summed E-state index contributed by atoms with van der Waals surface area (Å²) in [6.07, 6.45) is 6.28. The number of hydrogen-bond donors (Lipinski definition) is 0. The number of para-hydroxylation sites is 1. The predicted molar refractivity (Wildman–Crippen MR) is 118 cm³/mol. The average Bonchev–Trinajstić information content (AvgIpc) is 3.45. The number of ether oxygens (including phenoxy) is 2. The van der Waals surface area contributed by atoms with Crippen LogP contribution in [0.1, 0.15) is 31.2 Å². The summed E-state index contributed by atoms with van der Waals surface area (Å²) in [4.78, 5) is 20.7. The number of hydrogen-bond acceptors (Lipinski definition) is 5. The first kappa shape index (κ1) is 18.8. The maximum absolute atomic E-state index is 13.3. The van der Waals surface area contributed by atoms with E-state index in [1.807, 2.05) is 53.4 Å². The highest BCUT2D eigenvalue weighted by Gasteiger charge is 2.39. The second-order valence-corrected chi connectivity index (χ2v) is 9.04. The van der Waals surface area contributed by atoms with Crippen LogP contribution in [0.2, 0.25) is 0 Å². The Morgan fingerprint density at radius 1 is 1.10 bits per heavy atom. The minimum Gasteiger partial charge on any atom is -0.454 e. The maximum Gasteiger partial charge on any atom is 0.267 e. The molecule has 1 saturated carbocycles. The Morgan fingerprint density at radius 2 is 1.83 bits per heavy atom. The lowest BCUT2D eigenvalue weighted by atomic mass is 10.1. The van der Waals surface area contributed by atoms with Gasteiger partial charge in [-0.1, -0.05) is 47.0 Å². The molecule has 0 N–H and O–H groups in total. The third kappa shape index (κ3) is 3.69. The number of thioether (sulfide) groups is 1. The van der Waals surface area contributed by atoms with Crippen molar-refractivity contribution in [2.45, 2.75) is 31.7 Å². The molecule has 2 aromatic carbocycles. The van der Waals surface area contributed by atoms with Crippen molar-refractivity contribution in [3.05, 3.63) is 57.4 Å². The Bertz CT molecular complexity index is 1020. The molecule has 5 nitrogen and oxygen atoms in total. The van der Waals surface area contributed by atoms with E-state index in [9.17, 15) is 4.79 Å². The van der Waals surface area contributed by atoms with Gasteiger partial charge in [0.25, 0.3) is 5.91 Å². The number of fused-ring (bicyclic) bond motifs is 1. The smallest absolute Gasteiger partial charge is 0.267 e. The van der Waals surface area contributed by atoms with E-state index >= 15 is 0 Å². The van der Waals surface area contributed by atoms with E-state index in [1.54, 1.807) is 0 Å². The molecule has 2 aromatic rings. The molecular formula is C22H19BrN2O3S. The summed E-state index contributed by atoms with van der Waals surface area (Å²) in [6.45, 7) is 0.221. The van der Waals surface area contributed by atoms with E-state index in [0.717, 1.165) is 46.6 Å². The molecule has 0 atom stereocenters. The number of rotatable bonds is 3. The molecule has 0 radical (unpaired) electrons. The zero-order valence-electron chi connectivity index (χ0n) is 15.6. The quantitative estimate of drug-likeness (QED) is 0.537. The van der Waals surface area contributed by atoms with Gasteiger partial charge in [0.1, 0.15) is 0 Å². The van der Waals surface area contributed by atoms with Gasteiger partial charge in [-0.25, -0.2) is 4.99 Å². The fourth-order valence-electron chi connectivity index (χ4n) is 3.85. The van der Waals surface area contributed by atoms with E-state index < -0.39 is 0 Å². The average molecular weight is 471 g/mol. The van der Waals surface area contributed by atoms with Crippen molar-refractivity contribution in [2.24, 2.45) is 4.99 Å². The summed E-state index contributed by atoms with van der Waals surface area (Å²) in [7, 11) is 0. The largest absolute Gasteiger partial charge is 0.454 e. The number of amidine groups is 1. The van der Waals surface area contributed by atoms with Crippen molar-refractivity contribution in [3.63, 3.8) is 0 Å². The van der Waals surface area contributed by atoms with Crippen LogP contribution in [0, 0.1) is 0 Å². The van der Waals surface area contributed by atoms with Gasteiger partial charge in [-0.3, -0.25) is 9.69 Å². The third-order valence-electron chi connectivity index (χ3n) is 5.29. The highest BCUT2D eigenvalue weighted by Crippen LogP contribution is 2.42. The van der Waals surface area contributed by atoms with Gasteiger partial charge in [0.15, 0.2) is 16.7 Å². The molecule has 148 valence electrons. The zero-order valence-corrected chi connectivity index (χ0v) is 18.0. The first-order valence-corrected chi connectivity index (χ1v) is 11.3. The molecule has 0 bridgehead atoms. The predicted octanol–water partition coefficient (Wildman–Crippen LogP) is 5.72. The number of carbonyl (C=O) groups excluding carboxylic acids is 1. The Balaban J connectivity index is 1.52. The van der Waals surface area contributed by atoms with E-state index in [1.165, 1.54) is 11.8 Å². The molecule has 2 fully saturated rings. The molecule has 2 heterocycles. The van der Waals surface area contributed by atoms with Crippen LogP contribution in [-0.4, -0.2) is 28.8 Å². The number of halogens is 1. The van der Waals surface area contributed by atoms with Crippen molar-refractivity contribution in [1.29, 1.82) is 0 Å². The monoisotopic (exact) mass is 470 g/mol. The lowest BCUT2D eigenvalue weighted by Gasteiger charge is -2.22. The molecule has 29 heavy (non-hydrogen) atoms. The molecule has 0 aromatic heterocycles. The molecular weight excluding hydrogens is 452 g/mol. The van der Waals surface area contributed by atoms with E-state index in [2.05, 4.69) is 15.9 Å². The van der Waals surface area contributed by atoms with Crippen LogP contribution in [0.25, 0.3) is 6.08 Å². The number of nitrogens with zero attached hydrogens (tertiary/aromatic N) is 2. The molecule has 0 unspecified atom stereocenters. The van der Waals surface area contributed by atoms with Crippen molar-refractivity contribution in [3.8, 4) is 11.5 Å². The third-order valence-corrected chi connectivity index (χ3v) is 6.96. The van der Waals surface area contributed by atoms with Gasteiger partial charge in [-0.15, -0.1) is 0 Å². The summed E-state index contributed by atoms with van der Waals surface area (Å²) in [5, 5.41) is 0.760. The lowest BCUT2D eigenvalue weighted by Crippen LogP contribution is -2.37. The number of amides is 1. The summed E-state index contributed by atoms with van der Waals surface area (Å²) in [6, 6.07) is 13.8. The fraction of sp³-hybridized carbons (Fsp3) is 0.273. The molecule has 1 saturated heterocycles. The van der Waals surface area contributed by atoms with Gasteiger partial charge >= 0.3 is 0 Å². The fourth-order valence-corrected chi connectivity index (χ4v) is 5.33. The minimum atomic E-state index is 0.0288. The Morgan fingerprint density at radius 3 is 2.59 bits per heavy atom. The van der Waals surface area contributed by atoms with E-state index in [0.29, 0.717) is 16.4 Å². The lowest BCUT2D eigenvalue weighted by molar-refractivity contribution is -0.123. The van der Waals surface area contributed by atoms with Crippen molar-refractivity contribution >= 4 is 50.5 Å². The zero-order chi connectivity index (χ0) is 19.8. The molecule has 1 amide bonds. The summed E-state index contributed by atoms with van der Waals surface area (Å²) >= 11 is 5.02. The van der Waals surface area contributed by atoms with Crippen LogP contribution in [-0.2, 0) is 4.79 Å². The molecule has 3 aliphatic rings. The van der Waals surface area contributed by atoms with Crippen molar-refractivity contribution < 1.29 is 14.3 Å². The normalized spacial score (nSPS) is 21.7. The highest BCUT2D eigenvalue weighted by molar-refractivity contribution is 9.10. The molecule has 7 heteroatoms. The minimum absolute atomic E-state index is 0.0288. The van der Waals surface area contributed by atoms with Gasteiger partial charge in [-0.2, -0.15) is 0 Å². The molecule has 2 aliphatic heterocycles. The highest BCUT2D eigenvalue weighted by atomic mass is 79.9. The Labute approximate surface area is 181 Å². The van der Waals surface area contributed by atoms with Crippen molar-refractivity contribution in [2.75, 3.05) is 6.79 Å². The summed E-state index contributed by atoms with van der Waals surface area (Å²) in [5.74, 6) is 1.44.